The maximum atomic E-state index is 12.7. The Morgan fingerprint density at radius 1 is 1.14 bits per heavy atom. The SMILES string of the molecule is COc1ccc(C(CNC(=O)c2cccc(NS(C)(=O)=O)c2)N2CCCC2)cc1. The Morgan fingerprint density at radius 2 is 1.83 bits per heavy atom. The van der Waals surface area contributed by atoms with Gasteiger partial charge in [0, 0.05) is 17.8 Å². The second kappa shape index (κ2) is 9.28. The second-order valence-electron chi connectivity index (χ2n) is 7.20. The van der Waals surface area contributed by atoms with Crippen molar-refractivity contribution in [2.45, 2.75) is 18.9 Å². The van der Waals surface area contributed by atoms with E-state index in [2.05, 4.69) is 14.9 Å². The van der Waals surface area contributed by atoms with E-state index in [9.17, 15) is 13.2 Å². The number of nitrogens with one attached hydrogen (secondary N) is 2. The molecule has 1 heterocycles. The maximum absolute atomic E-state index is 12.7. The summed E-state index contributed by atoms with van der Waals surface area (Å²) in [5, 5.41) is 3.00. The van der Waals surface area contributed by atoms with E-state index in [1.165, 1.54) is 6.07 Å². The summed E-state index contributed by atoms with van der Waals surface area (Å²) in [5.41, 5.74) is 1.90. The molecule has 1 fully saturated rings. The molecule has 0 radical (unpaired) electrons. The molecule has 3 rings (SSSR count). The molecule has 0 aromatic heterocycles. The van der Waals surface area contributed by atoms with E-state index in [0.717, 1.165) is 43.5 Å². The highest BCUT2D eigenvalue weighted by atomic mass is 32.2. The predicted octanol–water partition coefficient (Wildman–Crippen LogP) is 2.63. The normalized spacial score (nSPS) is 15.7. The highest BCUT2D eigenvalue weighted by Crippen LogP contribution is 2.26. The number of rotatable bonds is 8. The fourth-order valence-corrected chi connectivity index (χ4v) is 4.12. The number of hydrogen-bond donors (Lipinski definition) is 2. The van der Waals surface area contributed by atoms with Gasteiger partial charge in [0.05, 0.1) is 19.4 Å². The minimum atomic E-state index is -3.40. The number of likely N-dealkylation sites (tertiary alicyclic amines) is 1. The third kappa shape index (κ3) is 5.95. The smallest absolute Gasteiger partial charge is 0.251 e. The summed E-state index contributed by atoms with van der Waals surface area (Å²) >= 11 is 0. The molecule has 29 heavy (non-hydrogen) atoms. The van der Waals surface area contributed by atoms with Gasteiger partial charge in [0.2, 0.25) is 10.0 Å². The minimum absolute atomic E-state index is 0.0738. The average molecular weight is 418 g/mol. The van der Waals surface area contributed by atoms with Crippen molar-refractivity contribution in [1.29, 1.82) is 0 Å². The fraction of sp³-hybridized carbons (Fsp3) is 0.381. The van der Waals surface area contributed by atoms with E-state index in [1.54, 1.807) is 25.3 Å². The van der Waals surface area contributed by atoms with Crippen LogP contribution in [0.2, 0.25) is 0 Å². The van der Waals surface area contributed by atoms with Crippen LogP contribution in [0.3, 0.4) is 0 Å². The summed E-state index contributed by atoms with van der Waals surface area (Å²) in [5.74, 6) is 0.563. The van der Waals surface area contributed by atoms with Gasteiger partial charge in [-0.05, 0) is 61.8 Å². The van der Waals surface area contributed by atoms with Crippen molar-refractivity contribution < 1.29 is 17.9 Å². The van der Waals surface area contributed by atoms with Crippen LogP contribution < -0.4 is 14.8 Å². The number of hydrogen-bond acceptors (Lipinski definition) is 5. The summed E-state index contributed by atoms with van der Waals surface area (Å²) in [6, 6.07) is 14.5. The number of benzene rings is 2. The molecule has 2 aromatic rings. The standard InChI is InChI=1S/C21H27N3O4S/c1-28-19-10-8-16(9-11-19)20(24-12-3-4-13-24)15-22-21(25)17-6-5-7-18(14-17)23-29(2,26)27/h5-11,14,20,23H,3-4,12-13,15H2,1-2H3,(H,22,25). The minimum Gasteiger partial charge on any atom is -0.497 e. The van der Waals surface area contributed by atoms with Gasteiger partial charge in [-0.2, -0.15) is 0 Å². The van der Waals surface area contributed by atoms with Crippen LogP contribution >= 0.6 is 0 Å². The van der Waals surface area contributed by atoms with Gasteiger partial charge in [0.15, 0.2) is 0 Å². The predicted molar refractivity (Wildman–Crippen MR) is 114 cm³/mol. The van der Waals surface area contributed by atoms with E-state index in [0.29, 0.717) is 17.8 Å². The van der Waals surface area contributed by atoms with Crippen molar-refractivity contribution in [3.8, 4) is 5.75 Å². The Morgan fingerprint density at radius 3 is 2.45 bits per heavy atom. The van der Waals surface area contributed by atoms with Crippen LogP contribution in [-0.4, -0.2) is 52.2 Å². The molecule has 1 aliphatic heterocycles. The number of carbonyl (C=O) groups is 1. The van der Waals surface area contributed by atoms with Crippen molar-refractivity contribution in [3.63, 3.8) is 0 Å². The Hall–Kier alpha value is -2.58. The summed E-state index contributed by atoms with van der Waals surface area (Å²) in [6.07, 6.45) is 3.38. The molecule has 0 spiro atoms. The molecular formula is C21H27N3O4S. The molecule has 1 aliphatic rings. The number of anilines is 1. The lowest BCUT2D eigenvalue weighted by Crippen LogP contribution is -2.36. The zero-order chi connectivity index (χ0) is 20.9. The Labute approximate surface area is 172 Å². The number of amides is 1. The van der Waals surface area contributed by atoms with Crippen LogP contribution in [0.5, 0.6) is 5.75 Å². The van der Waals surface area contributed by atoms with Crippen LogP contribution in [0, 0.1) is 0 Å². The number of nitrogens with zero attached hydrogens (tertiary/aromatic N) is 1. The van der Waals surface area contributed by atoms with Crippen LogP contribution in [0.25, 0.3) is 0 Å². The van der Waals surface area contributed by atoms with Crippen LogP contribution in [0.15, 0.2) is 48.5 Å². The first-order chi connectivity index (χ1) is 13.9. The lowest BCUT2D eigenvalue weighted by molar-refractivity contribution is 0.0938. The third-order valence-electron chi connectivity index (χ3n) is 4.97. The molecule has 1 atom stereocenters. The van der Waals surface area contributed by atoms with Crippen LogP contribution in [0.4, 0.5) is 5.69 Å². The molecule has 1 amide bonds. The molecule has 0 saturated carbocycles. The Balaban J connectivity index is 1.71. The van der Waals surface area contributed by atoms with Gasteiger partial charge in [-0.15, -0.1) is 0 Å². The van der Waals surface area contributed by atoms with Crippen molar-refractivity contribution in [2.75, 3.05) is 37.7 Å². The quantitative estimate of drug-likeness (QED) is 0.689. The highest BCUT2D eigenvalue weighted by molar-refractivity contribution is 7.92. The first-order valence-electron chi connectivity index (χ1n) is 9.60. The lowest BCUT2D eigenvalue weighted by atomic mass is 10.0. The van der Waals surface area contributed by atoms with E-state index in [-0.39, 0.29) is 11.9 Å². The molecule has 2 N–H and O–H groups in total. The van der Waals surface area contributed by atoms with Gasteiger partial charge < -0.3 is 10.1 Å². The summed E-state index contributed by atoms with van der Waals surface area (Å²) in [4.78, 5) is 15.1. The van der Waals surface area contributed by atoms with Gasteiger partial charge in [0.1, 0.15) is 5.75 Å². The topological polar surface area (TPSA) is 87.7 Å². The molecule has 1 saturated heterocycles. The Kier molecular flexibility index (Phi) is 6.76. The van der Waals surface area contributed by atoms with Crippen LogP contribution in [-0.2, 0) is 10.0 Å². The van der Waals surface area contributed by atoms with Gasteiger partial charge in [-0.25, -0.2) is 8.42 Å². The van der Waals surface area contributed by atoms with Crippen LogP contribution in [0.1, 0.15) is 34.8 Å². The molecule has 2 aromatic carbocycles. The zero-order valence-corrected chi connectivity index (χ0v) is 17.5. The number of carbonyl (C=O) groups excluding carboxylic acids is 1. The van der Waals surface area contributed by atoms with Gasteiger partial charge in [-0.1, -0.05) is 18.2 Å². The highest BCUT2D eigenvalue weighted by Gasteiger charge is 2.24. The first-order valence-corrected chi connectivity index (χ1v) is 11.5. The zero-order valence-electron chi connectivity index (χ0n) is 16.7. The van der Waals surface area contributed by atoms with Crippen molar-refractivity contribution in [3.05, 3.63) is 59.7 Å². The summed E-state index contributed by atoms with van der Waals surface area (Å²) in [6.45, 7) is 2.47. The number of sulfonamides is 1. The molecule has 7 nitrogen and oxygen atoms in total. The summed E-state index contributed by atoms with van der Waals surface area (Å²) in [7, 11) is -1.76. The number of ether oxygens (including phenoxy) is 1. The van der Waals surface area contributed by atoms with Crippen molar-refractivity contribution in [1.82, 2.24) is 10.2 Å². The number of methoxy groups -OCH3 is 1. The van der Waals surface area contributed by atoms with Crippen molar-refractivity contribution >= 4 is 21.6 Å². The largest absolute Gasteiger partial charge is 0.497 e. The Bertz CT molecular complexity index is 939. The molecule has 1 unspecified atom stereocenters. The van der Waals surface area contributed by atoms with Gasteiger partial charge in [-0.3, -0.25) is 14.4 Å². The first kappa shape index (κ1) is 21.1. The fourth-order valence-electron chi connectivity index (χ4n) is 3.57. The molecule has 8 heteroatoms. The summed E-state index contributed by atoms with van der Waals surface area (Å²) < 4.78 is 30.5. The third-order valence-corrected chi connectivity index (χ3v) is 5.57. The van der Waals surface area contributed by atoms with E-state index < -0.39 is 10.0 Å². The molecule has 0 bridgehead atoms. The monoisotopic (exact) mass is 417 g/mol. The van der Waals surface area contributed by atoms with E-state index in [1.807, 2.05) is 24.3 Å². The lowest BCUT2D eigenvalue weighted by Gasteiger charge is -2.28. The van der Waals surface area contributed by atoms with Crippen molar-refractivity contribution in [2.24, 2.45) is 0 Å². The van der Waals surface area contributed by atoms with Gasteiger partial charge >= 0.3 is 0 Å². The molecular weight excluding hydrogens is 390 g/mol. The molecule has 156 valence electrons. The average Bonchev–Trinajstić information content (AvgIpc) is 3.22. The van der Waals surface area contributed by atoms with Gasteiger partial charge in [0.25, 0.3) is 5.91 Å². The maximum Gasteiger partial charge on any atom is 0.251 e. The van der Waals surface area contributed by atoms with E-state index >= 15 is 0 Å². The van der Waals surface area contributed by atoms with E-state index in [4.69, 9.17) is 4.74 Å². The second-order valence-corrected chi connectivity index (χ2v) is 8.95. The molecule has 0 aliphatic carbocycles.